The molecular formula is C18H14N2O. The molecule has 3 nitrogen and oxygen atoms in total. The number of rotatable bonds is 2. The van der Waals surface area contributed by atoms with Crippen molar-refractivity contribution < 1.29 is 5.11 Å². The predicted octanol–water partition coefficient (Wildman–Crippen LogP) is 3.94. The maximum atomic E-state index is 10.1. The van der Waals surface area contributed by atoms with Crippen LogP contribution in [0.4, 0.5) is 0 Å². The zero-order valence-electron chi connectivity index (χ0n) is 11.4. The van der Waals surface area contributed by atoms with E-state index in [1.54, 1.807) is 12.4 Å². The van der Waals surface area contributed by atoms with Crippen molar-refractivity contribution in [3.8, 4) is 5.75 Å². The highest BCUT2D eigenvalue weighted by Crippen LogP contribution is 2.26. The molecule has 0 saturated carbocycles. The van der Waals surface area contributed by atoms with Gasteiger partial charge in [0.25, 0.3) is 0 Å². The van der Waals surface area contributed by atoms with E-state index in [-0.39, 0.29) is 5.75 Å². The van der Waals surface area contributed by atoms with Gasteiger partial charge in [-0.2, -0.15) is 0 Å². The second-order valence-electron chi connectivity index (χ2n) is 5.16. The lowest BCUT2D eigenvalue weighted by molar-refractivity contribution is 0.478. The Morgan fingerprint density at radius 1 is 0.905 bits per heavy atom. The number of hydrogen-bond donors (Lipinski definition) is 1. The summed E-state index contributed by atoms with van der Waals surface area (Å²) in [6.07, 6.45) is 1.78. The maximum Gasteiger partial charge on any atom is 0.141 e. The van der Waals surface area contributed by atoms with E-state index in [0.29, 0.717) is 6.54 Å². The number of fused-ring (bicyclic) bond motifs is 2. The minimum atomic E-state index is 0.269. The van der Waals surface area contributed by atoms with Crippen LogP contribution in [0.2, 0.25) is 0 Å². The molecule has 0 saturated heterocycles. The van der Waals surface area contributed by atoms with E-state index < -0.39 is 0 Å². The standard InChI is InChI=1S/C18H14N2O/c21-17-10-4-9-16-18(17)20(12-19-16)11-14-7-3-6-13-5-1-2-8-15(13)14/h1-10,12,21H,11H2. The van der Waals surface area contributed by atoms with Crippen LogP contribution in [0.25, 0.3) is 21.8 Å². The van der Waals surface area contributed by atoms with Crippen LogP contribution in [-0.4, -0.2) is 14.7 Å². The smallest absolute Gasteiger partial charge is 0.141 e. The molecule has 0 aliphatic carbocycles. The van der Waals surface area contributed by atoms with Gasteiger partial charge in [-0.05, 0) is 28.5 Å². The van der Waals surface area contributed by atoms with Crippen molar-refractivity contribution in [1.29, 1.82) is 0 Å². The van der Waals surface area contributed by atoms with Gasteiger partial charge >= 0.3 is 0 Å². The third-order valence-corrected chi connectivity index (χ3v) is 3.84. The van der Waals surface area contributed by atoms with Crippen molar-refractivity contribution in [1.82, 2.24) is 9.55 Å². The molecule has 1 heterocycles. The Kier molecular flexibility index (Phi) is 2.64. The molecule has 3 heteroatoms. The fourth-order valence-electron chi connectivity index (χ4n) is 2.84. The molecule has 0 amide bonds. The van der Waals surface area contributed by atoms with Gasteiger partial charge in [-0.25, -0.2) is 4.98 Å². The van der Waals surface area contributed by atoms with Crippen LogP contribution in [0.3, 0.4) is 0 Å². The number of imidazole rings is 1. The summed E-state index contributed by atoms with van der Waals surface area (Å²) in [5.41, 5.74) is 2.82. The molecule has 0 atom stereocenters. The van der Waals surface area contributed by atoms with Crippen LogP contribution in [-0.2, 0) is 6.54 Å². The molecule has 0 aliphatic rings. The van der Waals surface area contributed by atoms with Gasteiger partial charge in [0.15, 0.2) is 0 Å². The lowest BCUT2D eigenvalue weighted by Gasteiger charge is -2.09. The summed E-state index contributed by atoms with van der Waals surface area (Å²) in [7, 11) is 0. The number of para-hydroxylation sites is 1. The van der Waals surface area contributed by atoms with Crippen LogP contribution in [0, 0.1) is 0 Å². The van der Waals surface area contributed by atoms with Crippen LogP contribution < -0.4 is 0 Å². The summed E-state index contributed by atoms with van der Waals surface area (Å²) in [6, 6.07) is 20.1. The largest absolute Gasteiger partial charge is 0.506 e. The second kappa shape index (κ2) is 4.63. The first kappa shape index (κ1) is 12.0. The lowest BCUT2D eigenvalue weighted by atomic mass is 10.0. The van der Waals surface area contributed by atoms with E-state index in [2.05, 4.69) is 41.4 Å². The Morgan fingerprint density at radius 3 is 2.67 bits per heavy atom. The van der Waals surface area contributed by atoms with E-state index >= 15 is 0 Å². The van der Waals surface area contributed by atoms with Crippen molar-refractivity contribution in [2.45, 2.75) is 6.54 Å². The summed E-state index contributed by atoms with van der Waals surface area (Å²) in [5.74, 6) is 0.269. The normalized spacial score (nSPS) is 11.2. The van der Waals surface area contributed by atoms with E-state index in [0.717, 1.165) is 11.0 Å². The van der Waals surface area contributed by atoms with Crippen molar-refractivity contribution in [3.05, 3.63) is 72.6 Å². The molecule has 3 aromatic carbocycles. The summed E-state index contributed by atoms with van der Waals surface area (Å²) in [4.78, 5) is 4.36. The van der Waals surface area contributed by atoms with E-state index in [4.69, 9.17) is 0 Å². The Labute approximate surface area is 122 Å². The van der Waals surface area contributed by atoms with Gasteiger partial charge < -0.3 is 9.67 Å². The molecule has 1 aromatic heterocycles. The van der Waals surface area contributed by atoms with Crippen molar-refractivity contribution >= 4 is 21.8 Å². The van der Waals surface area contributed by atoms with Crippen LogP contribution in [0.15, 0.2) is 67.0 Å². The SMILES string of the molecule is Oc1cccc2ncn(Cc3cccc4ccccc34)c12. The number of aromatic nitrogens is 2. The topological polar surface area (TPSA) is 38.1 Å². The zero-order chi connectivity index (χ0) is 14.2. The quantitative estimate of drug-likeness (QED) is 0.601. The number of benzene rings is 3. The fourth-order valence-corrected chi connectivity index (χ4v) is 2.84. The molecule has 0 radical (unpaired) electrons. The predicted molar refractivity (Wildman–Crippen MR) is 84.4 cm³/mol. The maximum absolute atomic E-state index is 10.1. The second-order valence-corrected chi connectivity index (χ2v) is 5.16. The Balaban J connectivity index is 1.87. The molecular weight excluding hydrogens is 260 g/mol. The van der Waals surface area contributed by atoms with Gasteiger partial charge in [0.1, 0.15) is 11.3 Å². The highest BCUT2D eigenvalue weighted by atomic mass is 16.3. The van der Waals surface area contributed by atoms with E-state index in [1.165, 1.54) is 16.3 Å². The molecule has 102 valence electrons. The van der Waals surface area contributed by atoms with Crippen molar-refractivity contribution in [2.75, 3.05) is 0 Å². The molecule has 0 unspecified atom stereocenters. The van der Waals surface area contributed by atoms with Gasteiger partial charge in [-0.15, -0.1) is 0 Å². The summed E-state index contributed by atoms with van der Waals surface area (Å²) in [5, 5.41) is 12.5. The Morgan fingerprint density at radius 2 is 1.71 bits per heavy atom. The highest BCUT2D eigenvalue weighted by Gasteiger charge is 2.08. The first-order valence-corrected chi connectivity index (χ1v) is 6.92. The van der Waals surface area contributed by atoms with Gasteiger partial charge in [-0.1, -0.05) is 48.5 Å². The van der Waals surface area contributed by atoms with E-state index in [1.807, 2.05) is 22.8 Å². The monoisotopic (exact) mass is 274 g/mol. The number of phenols is 1. The first-order valence-electron chi connectivity index (χ1n) is 6.92. The highest BCUT2D eigenvalue weighted by molar-refractivity contribution is 5.86. The molecule has 0 bridgehead atoms. The first-order chi connectivity index (χ1) is 10.3. The third-order valence-electron chi connectivity index (χ3n) is 3.84. The molecule has 4 rings (SSSR count). The summed E-state index contributed by atoms with van der Waals surface area (Å²) < 4.78 is 1.99. The Hall–Kier alpha value is -2.81. The van der Waals surface area contributed by atoms with Crippen LogP contribution in [0.5, 0.6) is 5.75 Å². The van der Waals surface area contributed by atoms with Gasteiger partial charge in [0, 0.05) is 6.54 Å². The summed E-state index contributed by atoms with van der Waals surface area (Å²) in [6.45, 7) is 0.690. The zero-order valence-corrected chi connectivity index (χ0v) is 11.4. The number of phenolic OH excluding ortho intramolecular Hbond substituents is 1. The van der Waals surface area contributed by atoms with E-state index in [9.17, 15) is 5.11 Å². The molecule has 4 aromatic rings. The van der Waals surface area contributed by atoms with Crippen molar-refractivity contribution in [3.63, 3.8) is 0 Å². The lowest BCUT2D eigenvalue weighted by Crippen LogP contribution is -1.98. The van der Waals surface area contributed by atoms with Gasteiger partial charge in [0.05, 0.1) is 11.8 Å². The summed E-state index contributed by atoms with van der Waals surface area (Å²) >= 11 is 0. The Bertz CT molecular complexity index is 935. The number of aromatic hydroxyl groups is 1. The minimum absolute atomic E-state index is 0.269. The van der Waals surface area contributed by atoms with Crippen LogP contribution >= 0.6 is 0 Å². The molecule has 21 heavy (non-hydrogen) atoms. The van der Waals surface area contributed by atoms with Crippen molar-refractivity contribution in [2.24, 2.45) is 0 Å². The molecule has 0 fully saturated rings. The van der Waals surface area contributed by atoms with Gasteiger partial charge in [-0.3, -0.25) is 0 Å². The number of hydrogen-bond acceptors (Lipinski definition) is 2. The molecule has 0 aliphatic heterocycles. The average Bonchev–Trinajstić information content (AvgIpc) is 2.92. The average molecular weight is 274 g/mol. The van der Waals surface area contributed by atoms with Crippen LogP contribution in [0.1, 0.15) is 5.56 Å². The minimum Gasteiger partial charge on any atom is -0.506 e. The van der Waals surface area contributed by atoms with Gasteiger partial charge in [0.2, 0.25) is 0 Å². The molecule has 1 N–H and O–H groups in total. The number of nitrogens with zero attached hydrogens (tertiary/aromatic N) is 2. The molecule has 0 spiro atoms. The fraction of sp³-hybridized carbons (Fsp3) is 0.0556. The third kappa shape index (κ3) is 1.94.